The van der Waals surface area contributed by atoms with E-state index in [4.69, 9.17) is 10.9 Å². The average Bonchev–Trinajstić information content (AvgIpc) is 2.70. The molecule has 0 saturated carbocycles. The van der Waals surface area contributed by atoms with Crippen molar-refractivity contribution in [3.05, 3.63) is 29.8 Å². The van der Waals surface area contributed by atoms with Gasteiger partial charge in [0.1, 0.15) is 5.25 Å². The predicted octanol–water partition coefficient (Wildman–Crippen LogP) is -0.299. The van der Waals surface area contributed by atoms with Gasteiger partial charge in [-0.2, -0.15) is 0 Å². The summed E-state index contributed by atoms with van der Waals surface area (Å²) in [5.74, 6) is -0.158. The number of anilines is 1. The summed E-state index contributed by atoms with van der Waals surface area (Å²) in [6, 6.07) is 7.39. The molecule has 1 heterocycles. The van der Waals surface area contributed by atoms with Gasteiger partial charge in [0.05, 0.1) is 0 Å². The summed E-state index contributed by atoms with van der Waals surface area (Å²) in [6.45, 7) is 0.682. The Morgan fingerprint density at radius 1 is 1.26 bits per heavy atom. The van der Waals surface area contributed by atoms with E-state index in [0.717, 1.165) is 5.56 Å². The Morgan fingerprint density at radius 2 is 1.89 bits per heavy atom. The highest BCUT2D eigenvalue weighted by Gasteiger charge is 2.35. The van der Waals surface area contributed by atoms with Gasteiger partial charge in [-0.25, -0.2) is 13.6 Å². The fourth-order valence-electron chi connectivity index (χ4n) is 2.12. The van der Waals surface area contributed by atoms with Crippen LogP contribution in [0.4, 0.5) is 5.69 Å². The molecule has 1 amide bonds. The SMILES string of the molecule is Nc1ccc(CCN2CC(S(N)(=O)=O)CC2=O)cc1. The Morgan fingerprint density at radius 3 is 2.42 bits per heavy atom. The van der Waals surface area contributed by atoms with E-state index >= 15 is 0 Å². The van der Waals surface area contributed by atoms with Gasteiger partial charge in [-0.1, -0.05) is 12.1 Å². The Hall–Kier alpha value is -1.60. The Labute approximate surface area is 112 Å². The smallest absolute Gasteiger partial charge is 0.224 e. The molecular weight excluding hydrogens is 266 g/mol. The molecule has 0 bridgehead atoms. The van der Waals surface area contributed by atoms with Crippen LogP contribution in [0.25, 0.3) is 0 Å². The van der Waals surface area contributed by atoms with Crippen molar-refractivity contribution < 1.29 is 13.2 Å². The molecule has 19 heavy (non-hydrogen) atoms. The zero-order chi connectivity index (χ0) is 14.0. The maximum atomic E-state index is 11.7. The first-order valence-corrected chi connectivity index (χ1v) is 7.61. The highest BCUT2D eigenvalue weighted by atomic mass is 32.2. The number of carbonyl (C=O) groups is 1. The van der Waals surface area contributed by atoms with Gasteiger partial charge in [0.15, 0.2) is 0 Å². The van der Waals surface area contributed by atoms with Crippen molar-refractivity contribution >= 4 is 21.6 Å². The summed E-state index contributed by atoms with van der Waals surface area (Å²) in [5.41, 5.74) is 7.33. The van der Waals surface area contributed by atoms with Crippen LogP contribution in [0.2, 0.25) is 0 Å². The van der Waals surface area contributed by atoms with Crippen LogP contribution in [-0.2, 0) is 21.2 Å². The quantitative estimate of drug-likeness (QED) is 0.740. The van der Waals surface area contributed by atoms with E-state index in [9.17, 15) is 13.2 Å². The van der Waals surface area contributed by atoms with Gasteiger partial charge >= 0.3 is 0 Å². The molecule has 1 atom stereocenters. The number of primary sulfonamides is 1. The van der Waals surface area contributed by atoms with E-state index in [1.807, 2.05) is 12.1 Å². The third kappa shape index (κ3) is 3.45. The molecule has 1 aliphatic heterocycles. The van der Waals surface area contributed by atoms with Crippen molar-refractivity contribution in [2.45, 2.75) is 18.1 Å². The zero-order valence-electron chi connectivity index (χ0n) is 10.5. The second-order valence-corrected chi connectivity index (χ2v) is 6.59. The molecule has 1 aliphatic rings. The number of nitrogens with zero attached hydrogens (tertiary/aromatic N) is 1. The molecule has 0 aromatic heterocycles. The number of nitrogens with two attached hydrogens (primary N) is 2. The molecule has 1 aromatic carbocycles. The van der Waals surface area contributed by atoms with E-state index in [1.54, 1.807) is 17.0 Å². The molecule has 1 fully saturated rings. The summed E-state index contributed by atoms with van der Waals surface area (Å²) in [6.07, 6.45) is 0.657. The summed E-state index contributed by atoms with van der Waals surface area (Å²) >= 11 is 0. The van der Waals surface area contributed by atoms with E-state index in [-0.39, 0.29) is 18.9 Å². The monoisotopic (exact) mass is 283 g/mol. The average molecular weight is 283 g/mol. The van der Waals surface area contributed by atoms with Crippen molar-refractivity contribution in [2.75, 3.05) is 18.8 Å². The van der Waals surface area contributed by atoms with Gasteiger partial charge < -0.3 is 10.6 Å². The molecule has 7 heteroatoms. The molecule has 4 N–H and O–H groups in total. The summed E-state index contributed by atoms with van der Waals surface area (Å²) in [7, 11) is -3.64. The van der Waals surface area contributed by atoms with Crippen LogP contribution in [0.3, 0.4) is 0 Å². The Kier molecular flexibility index (Phi) is 3.77. The minimum atomic E-state index is -3.64. The molecule has 0 radical (unpaired) electrons. The fourth-order valence-corrected chi connectivity index (χ4v) is 2.88. The topological polar surface area (TPSA) is 106 Å². The first-order chi connectivity index (χ1) is 8.86. The Bertz CT molecular complexity index is 568. The van der Waals surface area contributed by atoms with Gasteiger partial charge in [-0.3, -0.25) is 4.79 Å². The lowest BCUT2D eigenvalue weighted by Crippen LogP contribution is -2.33. The molecular formula is C12H17N3O3S. The summed E-state index contributed by atoms with van der Waals surface area (Å²) < 4.78 is 22.4. The van der Waals surface area contributed by atoms with Crippen molar-refractivity contribution in [1.82, 2.24) is 4.90 Å². The number of likely N-dealkylation sites (tertiary alicyclic amines) is 1. The van der Waals surface area contributed by atoms with Crippen LogP contribution in [0, 0.1) is 0 Å². The number of carbonyl (C=O) groups excluding carboxylic acids is 1. The molecule has 0 spiro atoms. The fraction of sp³-hybridized carbons (Fsp3) is 0.417. The highest BCUT2D eigenvalue weighted by molar-refractivity contribution is 7.89. The Balaban J connectivity index is 1.94. The van der Waals surface area contributed by atoms with Crippen LogP contribution >= 0.6 is 0 Å². The van der Waals surface area contributed by atoms with Gasteiger partial charge in [-0.15, -0.1) is 0 Å². The van der Waals surface area contributed by atoms with Crippen LogP contribution in [0.5, 0.6) is 0 Å². The lowest BCUT2D eigenvalue weighted by atomic mass is 10.1. The number of nitrogen functional groups attached to an aromatic ring is 1. The van der Waals surface area contributed by atoms with Gasteiger partial charge in [0.2, 0.25) is 15.9 Å². The van der Waals surface area contributed by atoms with Crippen molar-refractivity contribution in [2.24, 2.45) is 5.14 Å². The molecule has 1 aromatic rings. The molecule has 1 saturated heterocycles. The third-order valence-electron chi connectivity index (χ3n) is 3.29. The van der Waals surface area contributed by atoms with Gasteiger partial charge in [0.25, 0.3) is 0 Å². The first kappa shape index (κ1) is 13.8. The maximum Gasteiger partial charge on any atom is 0.224 e. The molecule has 104 valence electrons. The van der Waals surface area contributed by atoms with Crippen molar-refractivity contribution in [1.29, 1.82) is 0 Å². The zero-order valence-corrected chi connectivity index (χ0v) is 11.3. The van der Waals surface area contributed by atoms with Crippen LogP contribution in [0.15, 0.2) is 24.3 Å². The number of rotatable bonds is 4. The second-order valence-electron chi connectivity index (χ2n) is 4.75. The third-order valence-corrected chi connectivity index (χ3v) is 4.54. The standard InChI is InChI=1S/C12H17N3O3S/c13-10-3-1-9(2-4-10)5-6-15-8-11(7-12(15)16)19(14,17)18/h1-4,11H,5-8,13H2,(H2,14,17,18). The lowest BCUT2D eigenvalue weighted by Gasteiger charge is -2.16. The van der Waals surface area contributed by atoms with E-state index in [0.29, 0.717) is 18.7 Å². The summed E-state index contributed by atoms with van der Waals surface area (Å²) in [4.78, 5) is 13.2. The first-order valence-electron chi connectivity index (χ1n) is 6.00. The second kappa shape index (κ2) is 5.18. The van der Waals surface area contributed by atoms with Crippen LogP contribution in [-0.4, -0.2) is 37.6 Å². The van der Waals surface area contributed by atoms with E-state index in [2.05, 4.69) is 0 Å². The van der Waals surface area contributed by atoms with Crippen molar-refractivity contribution in [3.8, 4) is 0 Å². The molecule has 2 rings (SSSR count). The molecule has 0 aliphatic carbocycles. The number of hydrogen-bond acceptors (Lipinski definition) is 4. The largest absolute Gasteiger partial charge is 0.399 e. The number of hydrogen-bond donors (Lipinski definition) is 2. The number of amides is 1. The lowest BCUT2D eigenvalue weighted by molar-refractivity contribution is -0.127. The predicted molar refractivity (Wildman–Crippen MR) is 72.7 cm³/mol. The normalized spacial score (nSPS) is 19.9. The highest BCUT2D eigenvalue weighted by Crippen LogP contribution is 2.17. The minimum absolute atomic E-state index is 0.0133. The van der Waals surface area contributed by atoms with E-state index in [1.165, 1.54) is 0 Å². The van der Waals surface area contributed by atoms with Gasteiger partial charge in [0, 0.05) is 25.2 Å². The van der Waals surface area contributed by atoms with Gasteiger partial charge in [-0.05, 0) is 24.1 Å². The van der Waals surface area contributed by atoms with Crippen molar-refractivity contribution in [3.63, 3.8) is 0 Å². The maximum absolute atomic E-state index is 11.7. The summed E-state index contributed by atoms with van der Waals surface area (Å²) in [5, 5.41) is 4.30. The minimum Gasteiger partial charge on any atom is -0.399 e. The molecule has 1 unspecified atom stereocenters. The van der Waals surface area contributed by atoms with Crippen LogP contribution < -0.4 is 10.9 Å². The van der Waals surface area contributed by atoms with E-state index < -0.39 is 15.3 Å². The van der Waals surface area contributed by atoms with Crippen LogP contribution in [0.1, 0.15) is 12.0 Å². The number of benzene rings is 1. The molecule has 6 nitrogen and oxygen atoms in total. The number of sulfonamides is 1.